The van der Waals surface area contributed by atoms with Crippen molar-refractivity contribution in [1.29, 1.82) is 0 Å². The number of carbonyl (C=O) groups excluding carboxylic acids is 1. The van der Waals surface area contributed by atoms with E-state index >= 15 is 0 Å². The summed E-state index contributed by atoms with van der Waals surface area (Å²) in [5.74, 6) is -1.63. The first-order valence-corrected chi connectivity index (χ1v) is 7.03. The van der Waals surface area contributed by atoms with Crippen molar-refractivity contribution < 1.29 is 22.4 Å². The number of amides is 1. The van der Waals surface area contributed by atoms with E-state index in [2.05, 4.69) is 26.5 Å². The van der Waals surface area contributed by atoms with Gasteiger partial charge in [0.15, 0.2) is 0 Å². The fraction of sp³-hybridized carbons (Fsp3) is 0.0667. The second-order valence-electron chi connectivity index (χ2n) is 4.41. The van der Waals surface area contributed by atoms with Gasteiger partial charge in [-0.15, -0.1) is 0 Å². The smallest absolute Gasteiger partial charge is 0.267 e. The van der Waals surface area contributed by atoms with Crippen LogP contribution in [0, 0.1) is 5.82 Å². The summed E-state index contributed by atoms with van der Waals surface area (Å²) in [5, 5.41) is 3.55. The highest BCUT2D eigenvalue weighted by atomic mass is 79.9. The van der Waals surface area contributed by atoms with E-state index in [0.29, 0.717) is 16.1 Å². The SMILES string of the molecule is O=C(NN=Cc1ccc(C(F)(F)F)cc1F)c1ccccc1Br. The molecule has 0 unspecified atom stereocenters. The van der Waals surface area contributed by atoms with Gasteiger partial charge in [-0.3, -0.25) is 4.79 Å². The van der Waals surface area contributed by atoms with Gasteiger partial charge in [-0.1, -0.05) is 12.1 Å². The van der Waals surface area contributed by atoms with Crippen LogP contribution in [0.25, 0.3) is 0 Å². The second-order valence-corrected chi connectivity index (χ2v) is 5.27. The molecule has 0 spiro atoms. The zero-order valence-corrected chi connectivity index (χ0v) is 13.0. The van der Waals surface area contributed by atoms with E-state index in [-0.39, 0.29) is 5.56 Å². The van der Waals surface area contributed by atoms with Crippen LogP contribution in [0.1, 0.15) is 21.5 Å². The van der Waals surface area contributed by atoms with Crippen LogP contribution in [0.3, 0.4) is 0 Å². The van der Waals surface area contributed by atoms with Crippen LogP contribution in [-0.2, 0) is 6.18 Å². The maximum absolute atomic E-state index is 13.6. The van der Waals surface area contributed by atoms with Crippen molar-refractivity contribution >= 4 is 28.1 Å². The lowest BCUT2D eigenvalue weighted by Crippen LogP contribution is -2.18. The molecule has 0 saturated heterocycles. The molecular formula is C15H9BrF4N2O. The molecule has 2 aromatic rings. The molecule has 0 saturated carbocycles. The Labute approximate surface area is 137 Å². The number of benzene rings is 2. The third-order valence-corrected chi connectivity index (χ3v) is 3.51. The highest BCUT2D eigenvalue weighted by Gasteiger charge is 2.31. The first-order valence-electron chi connectivity index (χ1n) is 6.23. The van der Waals surface area contributed by atoms with E-state index < -0.39 is 23.5 Å². The molecule has 0 aliphatic rings. The van der Waals surface area contributed by atoms with Gasteiger partial charge in [0, 0.05) is 10.0 Å². The number of hydrogen-bond donors (Lipinski definition) is 1. The van der Waals surface area contributed by atoms with Gasteiger partial charge in [-0.2, -0.15) is 18.3 Å². The molecule has 0 atom stereocenters. The summed E-state index contributed by atoms with van der Waals surface area (Å²) < 4.78 is 51.4. The minimum atomic E-state index is -4.62. The molecular weight excluding hydrogens is 380 g/mol. The Morgan fingerprint density at radius 3 is 2.48 bits per heavy atom. The largest absolute Gasteiger partial charge is 0.416 e. The number of hydrogen-bond acceptors (Lipinski definition) is 2. The van der Waals surface area contributed by atoms with Gasteiger partial charge in [-0.05, 0) is 46.3 Å². The van der Waals surface area contributed by atoms with E-state index in [0.717, 1.165) is 18.3 Å². The number of halogens is 5. The number of alkyl halides is 3. The van der Waals surface area contributed by atoms with Crippen LogP contribution in [0.4, 0.5) is 17.6 Å². The van der Waals surface area contributed by atoms with E-state index in [4.69, 9.17) is 0 Å². The summed E-state index contributed by atoms with van der Waals surface area (Å²) >= 11 is 3.19. The Balaban J connectivity index is 2.09. The predicted molar refractivity (Wildman–Crippen MR) is 80.6 cm³/mol. The van der Waals surface area contributed by atoms with E-state index in [1.807, 2.05) is 0 Å². The maximum atomic E-state index is 13.6. The van der Waals surface area contributed by atoms with Gasteiger partial charge in [0.1, 0.15) is 5.82 Å². The predicted octanol–water partition coefficient (Wildman–Crippen LogP) is 4.37. The molecule has 0 fully saturated rings. The van der Waals surface area contributed by atoms with Crippen molar-refractivity contribution in [3.05, 3.63) is 69.4 Å². The molecule has 1 N–H and O–H groups in total. The monoisotopic (exact) mass is 388 g/mol. The van der Waals surface area contributed by atoms with Gasteiger partial charge >= 0.3 is 6.18 Å². The third-order valence-electron chi connectivity index (χ3n) is 2.82. The maximum Gasteiger partial charge on any atom is 0.416 e. The summed E-state index contributed by atoms with van der Waals surface area (Å²) in [5.41, 5.74) is 1.22. The van der Waals surface area contributed by atoms with Crippen molar-refractivity contribution in [1.82, 2.24) is 5.43 Å². The Morgan fingerprint density at radius 2 is 1.87 bits per heavy atom. The molecule has 120 valence electrons. The van der Waals surface area contributed by atoms with Crippen molar-refractivity contribution in [2.24, 2.45) is 5.10 Å². The summed E-state index contributed by atoms with van der Waals surface area (Å²) in [7, 11) is 0. The molecule has 23 heavy (non-hydrogen) atoms. The molecule has 0 radical (unpaired) electrons. The number of hydrazone groups is 1. The minimum absolute atomic E-state index is 0.176. The lowest BCUT2D eigenvalue weighted by atomic mass is 10.1. The molecule has 3 nitrogen and oxygen atoms in total. The zero-order valence-electron chi connectivity index (χ0n) is 11.4. The van der Waals surface area contributed by atoms with Crippen molar-refractivity contribution in [2.75, 3.05) is 0 Å². The molecule has 0 bridgehead atoms. The first-order chi connectivity index (χ1) is 10.8. The number of rotatable bonds is 3. The van der Waals surface area contributed by atoms with Gasteiger partial charge in [-0.25, -0.2) is 9.82 Å². The molecule has 0 heterocycles. The molecule has 0 aliphatic carbocycles. The van der Waals surface area contributed by atoms with Crippen molar-refractivity contribution in [3.63, 3.8) is 0 Å². The van der Waals surface area contributed by atoms with Crippen LogP contribution < -0.4 is 5.43 Å². The summed E-state index contributed by atoms with van der Waals surface area (Å²) in [4.78, 5) is 11.8. The quantitative estimate of drug-likeness (QED) is 0.473. The average Bonchev–Trinajstić information content (AvgIpc) is 2.48. The minimum Gasteiger partial charge on any atom is -0.267 e. The lowest BCUT2D eigenvalue weighted by Gasteiger charge is -2.07. The van der Waals surface area contributed by atoms with Gasteiger partial charge in [0.05, 0.1) is 17.3 Å². The van der Waals surface area contributed by atoms with Crippen LogP contribution in [0.5, 0.6) is 0 Å². The van der Waals surface area contributed by atoms with Crippen molar-refractivity contribution in [3.8, 4) is 0 Å². The molecule has 2 aromatic carbocycles. The normalized spacial score (nSPS) is 11.7. The number of nitrogens with one attached hydrogen (secondary N) is 1. The Bertz CT molecular complexity index is 759. The highest BCUT2D eigenvalue weighted by Crippen LogP contribution is 2.29. The van der Waals surface area contributed by atoms with Crippen molar-refractivity contribution in [2.45, 2.75) is 6.18 Å². The Morgan fingerprint density at radius 1 is 1.17 bits per heavy atom. The fourth-order valence-corrected chi connectivity index (χ4v) is 2.14. The fourth-order valence-electron chi connectivity index (χ4n) is 1.67. The molecule has 0 aromatic heterocycles. The topological polar surface area (TPSA) is 41.5 Å². The van der Waals surface area contributed by atoms with Crippen LogP contribution in [0.2, 0.25) is 0 Å². The third kappa shape index (κ3) is 4.38. The lowest BCUT2D eigenvalue weighted by molar-refractivity contribution is -0.137. The standard InChI is InChI=1S/C15H9BrF4N2O/c16-12-4-2-1-3-11(12)14(23)22-21-8-9-5-6-10(7-13(9)17)15(18,19)20/h1-8H,(H,22,23). The number of nitrogens with zero attached hydrogens (tertiary/aromatic N) is 1. The average molecular weight is 389 g/mol. The Hall–Kier alpha value is -2.22. The van der Waals surface area contributed by atoms with Gasteiger partial charge < -0.3 is 0 Å². The molecule has 8 heteroatoms. The highest BCUT2D eigenvalue weighted by molar-refractivity contribution is 9.10. The summed E-state index contributed by atoms with van der Waals surface area (Å²) in [6.07, 6.45) is -3.69. The van der Waals surface area contributed by atoms with Crippen LogP contribution in [-0.4, -0.2) is 12.1 Å². The van der Waals surface area contributed by atoms with Gasteiger partial charge in [0.25, 0.3) is 5.91 Å². The van der Waals surface area contributed by atoms with E-state index in [9.17, 15) is 22.4 Å². The van der Waals surface area contributed by atoms with E-state index in [1.165, 1.54) is 0 Å². The summed E-state index contributed by atoms with van der Waals surface area (Å²) in [6, 6.07) is 8.63. The molecule has 1 amide bonds. The Kier molecular flexibility index (Phi) is 5.15. The van der Waals surface area contributed by atoms with Gasteiger partial charge in [0.2, 0.25) is 0 Å². The summed E-state index contributed by atoms with van der Waals surface area (Å²) in [6.45, 7) is 0. The molecule has 2 rings (SSSR count). The van der Waals surface area contributed by atoms with Crippen LogP contribution in [0.15, 0.2) is 52.0 Å². The molecule has 0 aliphatic heterocycles. The zero-order chi connectivity index (χ0) is 17.0. The van der Waals surface area contributed by atoms with E-state index in [1.54, 1.807) is 24.3 Å². The van der Waals surface area contributed by atoms with Crippen LogP contribution >= 0.6 is 15.9 Å². The first kappa shape index (κ1) is 17.1. The second kappa shape index (κ2) is 6.91. The number of carbonyl (C=O) groups is 1.